The Morgan fingerprint density at radius 1 is 1.00 bits per heavy atom. The predicted molar refractivity (Wildman–Crippen MR) is 121 cm³/mol. The van der Waals surface area contributed by atoms with Crippen LogP contribution < -0.4 is 10.6 Å². The lowest BCUT2D eigenvalue weighted by Crippen LogP contribution is -2.54. The van der Waals surface area contributed by atoms with E-state index in [9.17, 15) is 14.4 Å². The summed E-state index contributed by atoms with van der Waals surface area (Å²) in [6.07, 6.45) is 0. The molecule has 2 aliphatic rings. The van der Waals surface area contributed by atoms with Crippen LogP contribution in [-0.4, -0.2) is 39.5 Å². The summed E-state index contributed by atoms with van der Waals surface area (Å²) in [7, 11) is 0. The summed E-state index contributed by atoms with van der Waals surface area (Å²) in [4.78, 5) is 41.3. The van der Waals surface area contributed by atoms with E-state index < -0.39 is 16.8 Å². The van der Waals surface area contributed by atoms with E-state index in [0.29, 0.717) is 11.1 Å². The summed E-state index contributed by atoms with van der Waals surface area (Å²) in [5.74, 6) is -0.735. The predicted octanol–water partition coefficient (Wildman–Crippen LogP) is 3.42. The van der Waals surface area contributed by atoms with Gasteiger partial charge in [0.25, 0.3) is 5.91 Å². The van der Waals surface area contributed by atoms with Gasteiger partial charge in [-0.25, -0.2) is 0 Å². The lowest BCUT2D eigenvalue weighted by atomic mass is 9.99. The Balaban J connectivity index is 1.64. The number of amides is 3. The van der Waals surface area contributed by atoms with Gasteiger partial charge in [-0.1, -0.05) is 48.5 Å². The van der Waals surface area contributed by atoms with E-state index in [4.69, 9.17) is 0 Å². The maximum absolute atomic E-state index is 13.6. The van der Waals surface area contributed by atoms with E-state index in [1.54, 1.807) is 22.7 Å². The van der Waals surface area contributed by atoms with Crippen LogP contribution in [0.4, 0.5) is 0 Å². The quantitative estimate of drug-likeness (QED) is 0.751. The number of fused-ring (bicyclic) bond motifs is 3. The molecule has 2 heterocycles. The van der Waals surface area contributed by atoms with Crippen LogP contribution in [0.5, 0.6) is 0 Å². The third-order valence-corrected chi connectivity index (χ3v) is 7.19. The first-order valence-electron chi connectivity index (χ1n) is 10.5. The highest BCUT2D eigenvalue weighted by Gasteiger charge is 2.57. The van der Waals surface area contributed by atoms with Gasteiger partial charge >= 0.3 is 0 Å². The Morgan fingerprint density at radius 2 is 1.65 bits per heavy atom. The number of thioether (sulfide) groups is 1. The number of nitrogens with zero attached hydrogens (tertiary/aromatic N) is 1. The maximum Gasteiger partial charge on any atom is 0.256 e. The molecule has 0 aromatic heterocycles. The monoisotopic (exact) mass is 437 g/mol. The summed E-state index contributed by atoms with van der Waals surface area (Å²) in [5.41, 5.74) is 2.29. The van der Waals surface area contributed by atoms with E-state index in [2.05, 4.69) is 10.6 Å². The van der Waals surface area contributed by atoms with E-state index in [1.807, 2.05) is 76.2 Å². The minimum Gasteiger partial charge on any atom is -0.352 e. The Labute approximate surface area is 186 Å². The first-order chi connectivity index (χ1) is 14.7. The first-order valence-corrected chi connectivity index (χ1v) is 11.3. The molecule has 4 rings (SSSR count). The standard InChI is InChI=1S/C24H27N3O3S/c1-14(2)25-20(28)18(15-10-6-5-7-11-15)26-21(29)19-24(3,4)31-23-17-13-9-8-12-16(17)22(30)27(19)23/h5-14,18-19,23H,1-4H3,(H,25,28)(H,26,29)/t18-,19+,23+/m0/s1. The van der Waals surface area contributed by atoms with Crippen molar-refractivity contribution in [2.24, 2.45) is 0 Å². The van der Waals surface area contributed by atoms with Gasteiger partial charge in [-0.2, -0.15) is 0 Å². The van der Waals surface area contributed by atoms with Gasteiger partial charge in [0.15, 0.2) is 0 Å². The van der Waals surface area contributed by atoms with E-state index in [0.717, 1.165) is 5.56 Å². The van der Waals surface area contributed by atoms with E-state index in [1.165, 1.54) is 0 Å². The maximum atomic E-state index is 13.6. The van der Waals surface area contributed by atoms with Gasteiger partial charge in [-0.05, 0) is 44.9 Å². The second-order valence-electron chi connectivity index (χ2n) is 8.79. The molecule has 2 aromatic rings. The lowest BCUT2D eigenvalue weighted by molar-refractivity contribution is -0.132. The molecule has 0 saturated carbocycles. The highest BCUT2D eigenvalue weighted by atomic mass is 32.2. The van der Waals surface area contributed by atoms with Crippen molar-refractivity contribution in [1.29, 1.82) is 0 Å². The molecule has 6 nitrogen and oxygen atoms in total. The summed E-state index contributed by atoms with van der Waals surface area (Å²) in [6.45, 7) is 7.70. The summed E-state index contributed by atoms with van der Waals surface area (Å²) in [6, 6.07) is 15.1. The van der Waals surface area contributed by atoms with E-state index in [-0.39, 0.29) is 29.1 Å². The number of nitrogens with one attached hydrogen (secondary N) is 2. The second-order valence-corrected chi connectivity index (χ2v) is 10.5. The molecule has 0 unspecified atom stereocenters. The fraction of sp³-hybridized carbons (Fsp3) is 0.375. The number of hydrogen-bond donors (Lipinski definition) is 2. The molecule has 0 aliphatic carbocycles. The van der Waals surface area contributed by atoms with Gasteiger partial charge in [0, 0.05) is 16.4 Å². The number of benzene rings is 2. The molecule has 7 heteroatoms. The third-order valence-electron chi connectivity index (χ3n) is 5.66. The normalized spacial score (nSPS) is 22.1. The number of hydrogen-bond acceptors (Lipinski definition) is 4. The van der Waals surface area contributed by atoms with Crippen LogP contribution >= 0.6 is 11.8 Å². The van der Waals surface area contributed by atoms with Gasteiger partial charge < -0.3 is 15.5 Å². The molecule has 3 amide bonds. The second kappa shape index (κ2) is 8.04. The van der Waals surface area contributed by atoms with Crippen molar-refractivity contribution in [3.8, 4) is 0 Å². The van der Waals surface area contributed by atoms with Crippen molar-refractivity contribution in [1.82, 2.24) is 15.5 Å². The Kier molecular flexibility index (Phi) is 5.56. The Hall–Kier alpha value is -2.80. The van der Waals surface area contributed by atoms with Gasteiger partial charge in [-0.15, -0.1) is 11.8 Å². The van der Waals surface area contributed by atoms with Crippen LogP contribution in [0.15, 0.2) is 54.6 Å². The molecular weight excluding hydrogens is 410 g/mol. The molecule has 2 aliphatic heterocycles. The van der Waals surface area contributed by atoms with Crippen LogP contribution in [0.2, 0.25) is 0 Å². The topological polar surface area (TPSA) is 78.5 Å². The molecule has 162 valence electrons. The molecule has 2 aromatic carbocycles. The molecule has 31 heavy (non-hydrogen) atoms. The summed E-state index contributed by atoms with van der Waals surface area (Å²) < 4.78 is -0.506. The number of carbonyl (C=O) groups excluding carboxylic acids is 3. The molecule has 1 saturated heterocycles. The molecule has 2 N–H and O–H groups in total. The van der Waals surface area contributed by atoms with Gasteiger partial charge in [0.05, 0.1) is 0 Å². The van der Waals surface area contributed by atoms with Crippen LogP contribution in [0.1, 0.15) is 60.6 Å². The fourth-order valence-electron chi connectivity index (χ4n) is 4.34. The van der Waals surface area contributed by atoms with Crippen molar-refractivity contribution in [3.63, 3.8) is 0 Å². The van der Waals surface area contributed by atoms with Crippen molar-refractivity contribution in [2.45, 2.75) is 55.9 Å². The van der Waals surface area contributed by atoms with E-state index >= 15 is 0 Å². The average Bonchev–Trinajstić information content (AvgIpc) is 3.15. The molecule has 3 atom stereocenters. The lowest BCUT2D eigenvalue weighted by Gasteiger charge is -2.31. The summed E-state index contributed by atoms with van der Waals surface area (Å²) in [5, 5.41) is 5.63. The van der Waals surface area contributed by atoms with Crippen molar-refractivity contribution in [2.75, 3.05) is 0 Å². The van der Waals surface area contributed by atoms with Crippen LogP contribution in [0, 0.1) is 0 Å². The highest BCUT2D eigenvalue weighted by Crippen LogP contribution is 2.56. The molecule has 1 fully saturated rings. The van der Waals surface area contributed by atoms with Gasteiger partial charge in [0.1, 0.15) is 17.5 Å². The number of rotatable bonds is 5. The van der Waals surface area contributed by atoms with Crippen molar-refractivity contribution < 1.29 is 14.4 Å². The zero-order valence-electron chi connectivity index (χ0n) is 18.1. The smallest absolute Gasteiger partial charge is 0.256 e. The zero-order chi connectivity index (χ0) is 22.3. The van der Waals surface area contributed by atoms with Crippen molar-refractivity contribution >= 4 is 29.5 Å². The molecular formula is C24H27N3O3S. The molecule has 0 radical (unpaired) electrons. The van der Waals surface area contributed by atoms with Crippen LogP contribution in [0.3, 0.4) is 0 Å². The highest BCUT2D eigenvalue weighted by molar-refractivity contribution is 8.01. The van der Waals surface area contributed by atoms with Crippen LogP contribution in [0.25, 0.3) is 0 Å². The Bertz CT molecular complexity index is 1020. The largest absolute Gasteiger partial charge is 0.352 e. The Morgan fingerprint density at radius 3 is 2.32 bits per heavy atom. The molecule has 0 bridgehead atoms. The third kappa shape index (κ3) is 3.83. The zero-order valence-corrected chi connectivity index (χ0v) is 18.9. The van der Waals surface area contributed by atoms with Crippen molar-refractivity contribution in [3.05, 3.63) is 71.3 Å². The SMILES string of the molecule is CC(C)NC(=O)[C@@H](NC(=O)[C@H]1N2C(=O)c3ccccc3[C@H]2SC1(C)C)c1ccccc1. The van der Waals surface area contributed by atoms with Crippen LogP contribution in [-0.2, 0) is 9.59 Å². The first kappa shape index (κ1) is 21.4. The fourth-order valence-corrected chi connectivity index (χ4v) is 5.93. The minimum absolute atomic E-state index is 0.0619. The molecule has 0 spiro atoms. The average molecular weight is 438 g/mol. The van der Waals surface area contributed by atoms with Gasteiger partial charge in [0.2, 0.25) is 11.8 Å². The van der Waals surface area contributed by atoms with Gasteiger partial charge in [-0.3, -0.25) is 14.4 Å². The summed E-state index contributed by atoms with van der Waals surface area (Å²) >= 11 is 1.61. The minimum atomic E-state index is -0.837. The number of carbonyl (C=O) groups is 3.